The summed E-state index contributed by atoms with van der Waals surface area (Å²) in [5, 5.41) is 7.93. The zero-order valence-corrected chi connectivity index (χ0v) is 15.8. The van der Waals surface area contributed by atoms with Crippen molar-refractivity contribution in [3.05, 3.63) is 35.2 Å². The third-order valence-corrected chi connectivity index (χ3v) is 6.38. The topological polar surface area (TPSA) is 96.6 Å². The molecule has 1 aromatic heterocycles. The largest absolute Gasteiger partial charge is 0.408 e. The quantitative estimate of drug-likeness (QED) is 0.753. The normalized spacial score (nSPS) is 15.3. The molecule has 1 saturated heterocycles. The number of hydrogen-bond acceptors (Lipinski definition) is 7. The fourth-order valence-corrected chi connectivity index (χ4v) is 4.55. The summed E-state index contributed by atoms with van der Waals surface area (Å²) >= 11 is 5.95. The van der Waals surface area contributed by atoms with Crippen molar-refractivity contribution < 1.29 is 17.6 Å². The van der Waals surface area contributed by atoms with Crippen molar-refractivity contribution in [2.45, 2.75) is 18.2 Å². The van der Waals surface area contributed by atoms with Gasteiger partial charge in [0.25, 0.3) is 0 Å². The van der Waals surface area contributed by atoms with Crippen LogP contribution in [0.3, 0.4) is 0 Å². The number of rotatable bonds is 5. The van der Waals surface area contributed by atoms with Gasteiger partial charge in [0.05, 0.1) is 15.7 Å². The maximum atomic E-state index is 12.4. The molecule has 1 amide bonds. The van der Waals surface area contributed by atoms with Gasteiger partial charge >= 0.3 is 6.01 Å². The average Bonchev–Trinajstić information content (AvgIpc) is 3.06. The molecule has 26 heavy (non-hydrogen) atoms. The molecule has 2 aromatic rings. The van der Waals surface area contributed by atoms with Gasteiger partial charge in [-0.25, -0.2) is 8.42 Å². The van der Waals surface area contributed by atoms with Crippen molar-refractivity contribution in [3.8, 4) is 0 Å². The second-order valence-corrected chi connectivity index (χ2v) is 8.46. The Balaban J connectivity index is 1.54. The van der Waals surface area contributed by atoms with Crippen molar-refractivity contribution in [1.82, 2.24) is 15.1 Å². The summed E-state index contributed by atoms with van der Waals surface area (Å²) in [4.78, 5) is 16.0. The number of halogens is 1. The number of benzene rings is 1. The number of aryl methyl sites for hydroxylation is 1. The van der Waals surface area contributed by atoms with Crippen molar-refractivity contribution >= 4 is 33.4 Å². The fourth-order valence-electron chi connectivity index (χ4n) is 2.75. The summed E-state index contributed by atoms with van der Waals surface area (Å²) in [6, 6.07) is 6.69. The molecule has 0 N–H and O–H groups in total. The Morgan fingerprint density at radius 1 is 1.19 bits per heavy atom. The molecule has 0 spiro atoms. The van der Waals surface area contributed by atoms with E-state index in [-0.39, 0.29) is 28.0 Å². The van der Waals surface area contributed by atoms with E-state index in [1.165, 1.54) is 12.1 Å². The SMILES string of the molecule is Cc1nnc(N2CCN(C(=O)CCS(=O)(=O)c3ccccc3Cl)CC2)o1. The third kappa shape index (κ3) is 4.16. The number of anilines is 1. The molecule has 140 valence electrons. The van der Waals surface area contributed by atoms with Crippen LogP contribution < -0.4 is 4.90 Å². The van der Waals surface area contributed by atoms with E-state index in [2.05, 4.69) is 10.2 Å². The van der Waals surface area contributed by atoms with Gasteiger partial charge in [-0.1, -0.05) is 28.8 Å². The highest BCUT2D eigenvalue weighted by molar-refractivity contribution is 7.91. The van der Waals surface area contributed by atoms with Crippen LogP contribution in [0.15, 0.2) is 33.6 Å². The van der Waals surface area contributed by atoms with Gasteiger partial charge in [-0.05, 0) is 12.1 Å². The van der Waals surface area contributed by atoms with Crippen LogP contribution in [0.25, 0.3) is 0 Å². The van der Waals surface area contributed by atoms with E-state index in [1.807, 2.05) is 4.90 Å². The monoisotopic (exact) mass is 398 g/mol. The van der Waals surface area contributed by atoms with Gasteiger partial charge in [0.2, 0.25) is 11.8 Å². The molecule has 0 unspecified atom stereocenters. The first kappa shape index (κ1) is 18.7. The molecule has 1 aliphatic rings. The lowest BCUT2D eigenvalue weighted by molar-refractivity contribution is -0.131. The average molecular weight is 399 g/mol. The second-order valence-electron chi connectivity index (χ2n) is 5.97. The molecule has 0 atom stereocenters. The highest BCUT2D eigenvalue weighted by atomic mass is 35.5. The van der Waals surface area contributed by atoms with E-state index in [4.69, 9.17) is 16.0 Å². The molecular formula is C16H19ClN4O4S. The Morgan fingerprint density at radius 2 is 1.88 bits per heavy atom. The number of amides is 1. The minimum absolute atomic E-state index is 0.0612. The van der Waals surface area contributed by atoms with E-state index in [1.54, 1.807) is 24.0 Å². The van der Waals surface area contributed by atoms with Crippen LogP contribution in [0.4, 0.5) is 6.01 Å². The number of carbonyl (C=O) groups is 1. The highest BCUT2D eigenvalue weighted by Gasteiger charge is 2.26. The molecule has 1 aromatic carbocycles. The third-order valence-electron chi connectivity index (χ3n) is 4.17. The van der Waals surface area contributed by atoms with E-state index in [0.717, 1.165) is 0 Å². The lowest BCUT2D eigenvalue weighted by Gasteiger charge is -2.33. The van der Waals surface area contributed by atoms with Gasteiger partial charge in [0.1, 0.15) is 0 Å². The van der Waals surface area contributed by atoms with E-state index in [9.17, 15) is 13.2 Å². The Morgan fingerprint density at radius 3 is 2.50 bits per heavy atom. The van der Waals surface area contributed by atoms with Crippen LogP contribution in [-0.4, -0.2) is 61.4 Å². The molecular weight excluding hydrogens is 380 g/mol. The van der Waals surface area contributed by atoms with Crippen LogP contribution >= 0.6 is 11.6 Å². The zero-order valence-electron chi connectivity index (χ0n) is 14.3. The van der Waals surface area contributed by atoms with Crippen LogP contribution in [0.5, 0.6) is 0 Å². The molecule has 1 aliphatic heterocycles. The molecule has 2 heterocycles. The first-order chi connectivity index (χ1) is 12.4. The maximum Gasteiger partial charge on any atom is 0.318 e. The molecule has 0 bridgehead atoms. The first-order valence-electron chi connectivity index (χ1n) is 8.17. The van der Waals surface area contributed by atoms with Crippen molar-refractivity contribution in [2.75, 3.05) is 36.8 Å². The number of hydrogen-bond donors (Lipinski definition) is 0. The smallest absolute Gasteiger partial charge is 0.318 e. The van der Waals surface area contributed by atoms with Crippen molar-refractivity contribution in [3.63, 3.8) is 0 Å². The summed E-state index contributed by atoms with van der Waals surface area (Å²) in [5.74, 6) is 0.0313. The Bertz CT molecular complexity index is 891. The summed E-state index contributed by atoms with van der Waals surface area (Å²) < 4.78 is 30.2. The molecule has 0 radical (unpaired) electrons. The lowest BCUT2D eigenvalue weighted by Crippen LogP contribution is -2.49. The van der Waals surface area contributed by atoms with Gasteiger partial charge in [0, 0.05) is 39.5 Å². The molecule has 3 rings (SSSR count). The summed E-state index contributed by atoms with van der Waals surface area (Å²) in [6.07, 6.45) is -0.0762. The van der Waals surface area contributed by atoms with Crippen molar-refractivity contribution in [2.24, 2.45) is 0 Å². The van der Waals surface area contributed by atoms with Crippen LogP contribution in [0.2, 0.25) is 5.02 Å². The van der Waals surface area contributed by atoms with Gasteiger partial charge in [-0.15, -0.1) is 5.10 Å². The Hall–Kier alpha value is -2.13. The fraction of sp³-hybridized carbons (Fsp3) is 0.438. The molecule has 0 aliphatic carbocycles. The standard InChI is InChI=1S/C16H19ClN4O4S/c1-12-18-19-16(25-12)21-9-7-20(8-10-21)15(22)6-11-26(23,24)14-5-3-2-4-13(14)17/h2-5H,6-11H2,1H3. The molecule has 8 nitrogen and oxygen atoms in total. The number of carbonyl (C=O) groups excluding carboxylic acids is 1. The number of piperazine rings is 1. The first-order valence-corrected chi connectivity index (χ1v) is 10.2. The minimum atomic E-state index is -3.60. The maximum absolute atomic E-state index is 12.4. The van der Waals surface area contributed by atoms with E-state index < -0.39 is 9.84 Å². The van der Waals surface area contributed by atoms with E-state index in [0.29, 0.717) is 38.1 Å². The van der Waals surface area contributed by atoms with E-state index >= 15 is 0 Å². The number of aromatic nitrogens is 2. The van der Waals surface area contributed by atoms with Gasteiger partial charge < -0.3 is 14.2 Å². The lowest BCUT2D eigenvalue weighted by atomic mass is 10.3. The number of sulfone groups is 1. The molecule has 10 heteroatoms. The zero-order chi connectivity index (χ0) is 18.7. The van der Waals surface area contributed by atoms with Crippen LogP contribution in [0.1, 0.15) is 12.3 Å². The summed E-state index contributed by atoms with van der Waals surface area (Å²) in [5.41, 5.74) is 0. The highest BCUT2D eigenvalue weighted by Crippen LogP contribution is 2.22. The van der Waals surface area contributed by atoms with Gasteiger partial charge in [-0.2, -0.15) is 0 Å². The minimum Gasteiger partial charge on any atom is -0.408 e. The Kier molecular flexibility index (Phi) is 5.47. The predicted molar refractivity (Wildman–Crippen MR) is 95.9 cm³/mol. The van der Waals surface area contributed by atoms with Gasteiger partial charge in [0.15, 0.2) is 9.84 Å². The summed E-state index contributed by atoms with van der Waals surface area (Å²) in [7, 11) is -3.60. The summed E-state index contributed by atoms with van der Waals surface area (Å²) in [6.45, 7) is 3.80. The Labute approximate surface area is 156 Å². The molecule has 0 saturated carbocycles. The second kappa shape index (κ2) is 7.63. The van der Waals surface area contributed by atoms with Crippen LogP contribution in [0, 0.1) is 6.92 Å². The van der Waals surface area contributed by atoms with Crippen molar-refractivity contribution in [1.29, 1.82) is 0 Å². The van der Waals surface area contributed by atoms with Crippen LogP contribution in [-0.2, 0) is 14.6 Å². The number of nitrogens with zero attached hydrogens (tertiary/aromatic N) is 4. The molecule has 1 fully saturated rings. The predicted octanol–water partition coefficient (Wildman–Crippen LogP) is 1.54. The van der Waals surface area contributed by atoms with Gasteiger partial charge in [-0.3, -0.25) is 4.79 Å².